The quantitative estimate of drug-likeness (QED) is 0.0529. The summed E-state index contributed by atoms with van der Waals surface area (Å²) in [6.07, 6.45) is 37.1. The van der Waals surface area contributed by atoms with E-state index < -0.39 is 5.97 Å². The van der Waals surface area contributed by atoms with E-state index in [1.54, 1.807) is 0 Å². The molecule has 39 heavy (non-hydrogen) atoms. The highest BCUT2D eigenvalue weighted by atomic mass is 16.5. The van der Waals surface area contributed by atoms with Crippen LogP contribution in [0.3, 0.4) is 0 Å². The Morgan fingerprint density at radius 1 is 0.538 bits per heavy atom. The molecule has 0 aromatic heterocycles. The van der Waals surface area contributed by atoms with Crippen LogP contribution in [0.25, 0.3) is 0 Å². The zero-order valence-electron chi connectivity index (χ0n) is 26.2. The summed E-state index contributed by atoms with van der Waals surface area (Å²) in [6.45, 7) is 4.44. The van der Waals surface area contributed by atoms with Crippen molar-refractivity contribution in [1.82, 2.24) is 0 Å². The lowest BCUT2D eigenvalue weighted by atomic mass is 10.0. The molecule has 0 amide bonds. The van der Waals surface area contributed by atoms with Crippen molar-refractivity contribution in [2.75, 3.05) is 0 Å². The van der Waals surface area contributed by atoms with E-state index in [2.05, 4.69) is 26.0 Å². The van der Waals surface area contributed by atoms with Crippen LogP contribution in [0.15, 0.2) is 12.2 Å². The number of allylic oxidation sites excluding steroid dienone is 2. The molecular weight excluding hydrogens is 484 g/mol. The van der Waals surface area contributed by atoms with Crippen LogP contribution in [0, 0.1) is 0 Å². The molecule has 0 aromatic carbocycles. The van der Waals surface area contributed by atoms with Crippen molar-refractivity contribution in [3.63, 3.8) is 0 Å². The first-order valence-electron chi connectivity index (χ1n) is 17.2. The van der Waals surface area contributed by atoms with E-state index >= 15 is 0 Å². The molecule has 0 spiro atoms. The fraction of sp³-hybridized carbons (Fsp3) is 0.886. The molecule has 0 radical (unpaired) electrons. The molecule has 0 aliphatic heterocycles. The Kier molecular flexibility index (Phi) is 30.2. The van der Waals surface area contributed by atoms with Crippen LogP contribution in [0.2, 0.25) is 0 Å². The summed E-state index contributed by atoms with van der Waals surface area (Å²) in [6, 6.07) is 0. The van der Waals surface area contributed by atoms with Gasteiger partial charge in [0.2, 0.25) is 0 Å². The molecule has 1 N–H and O–H groups in total. The molecule has 0 aliphatic carbocycles. The average molecular weight is 551 g/mol. The molecule has 0 fully saturated rings. The summed E-state index contributed by atoms with van der Waals surface area (Å²) in [7, 11) is 0. The number of carboxylic acids is 1. The summed E-state index contributed by atoms with van der Waals surface area (Å²) in [5.41, 5.74) is 0. The third-order valence-electron chi connectivity index (χ3n) is 7.74. The van der Waals surface area contributed by atoms with Crippen LogP contribution in [0.5, 0.6) is 0 Å². The lowest BCUT2D eigenvalue weighted by Gasteiger charge is -2.17. The first-order valence-corrected chi connectivity index (χ1v) is 17.2. The van der Waals surface area contributed by atoms with E-state index in [1.807, 2.05) is 0 Å². The minimum Gasteiger partial charge on any atom is -0.481 e. The van der Waals surface area contributed by atoms with Gasteiger partial charge in [-0.3, -0.25) is 9.59 Å². The predicted molar refractivity (Wildman–Crippen MR) is 167 cm³/mol. The lowest BCUT2D eigenvalue weighted by Crippen LogP contribution is -2.18. The van der Waals surface area contributed by atoms with Gasteiger partial charge in [-0.25, -0.2) is 0 Å². The normalized spacial score (nSPS) is 12.3. The molecule has 0 saturated carbocycles. The van der Waals surface area contributed by atoms with Crippen molar-refractivity contribution in [2.24, 2.45) is 0 Å². The van der Waals surface area contributed by atoms with Gasteiger partial charge in [0.15, 0.2) is 0 Å². The molecule has 230 valence electrons. The summed E-state index contributed by atoms with van der Waals surface area (Å²) in [5.74, 6) is -0.778. The first-order chi connectivity index (χ1) is 19.1. The summed E-state index contributed by atoms with van der Waals surface area (Å²) >= 11 is 0. The molecule has 0 saturated heterocycles. The van der Waals surface area contributed by atoms with Gasteiger partial charge in [-0.1, -0.05) is 135 Å². The fourth-order valence-electron chi connectivity index (χ4n) is 5.16. The van der Waals surface area contributed by atoms with E-state index in [9.17, 15) is 9.59 Å². The fourth-order valence-corrected chi connectivity index (χ4v) is 5.16. The molecule has 1 unspecified atom stereocenters. The standard InChI is InChI=1S/C35H66O4/c1-3-5-7-8-9-10-11-12-13-14-15-16-17-18-19-20-21-22-23-24-28-32-35(38)39-33(29-6-4-2)30-26-25-27-31-34(36)37/h14-15,33H,3-13,16-32H2,1-2H3,(H,36,37)/b15-14-. The van der Waals surface area contributed by atoms with Gasteiger partial charge in [0.25, 0.3) is 0 Å². The van der Waals surface area contributed by atoms with Gasteiger partial charge in [0.1, 0.15) is 6.10 Å². The smallest absolute Gasteiger partial charge is 0.306 e. The monoisotopic (exact) mass is 550 g/mol. The van der Waals surface area contributed by atoms with Crippen molar-refractivity contribution in [3.8, 4) is 0 Å². The third kappa shape index (κ3) is 31.1. The Morgan fingerprint density at radius 3 is 1.46 bits per heavy atom. The Hall–Kier alpha value is -1.32. The Balaban J connectivity index is 3.51. The minimum atomic E-state index is -0.730. The van der Waals surface area contributed by atoms with Crippen LogP contribution in [-0.4, -0.2) is 23.1 Å². The number of carbonyl (C=O) groups is 2. The number of hydrogen-bond donors (Lipinski definition) is 1. The third-order valence-corrected chi connectivity index (χ3v) is 7.74. The molecule has 0 aromatic rings. The van der Waals surface area contributed by atoms with Gasteiger partial charge < -0.3 is 9.84 Å². The predicted octanol–water partition coefficient (Wildman–Crippen LogP) is 11.5. The average Bonchev–Trinajstić information content (AvgIpc) is 2.92. The number of aliphatic carboxylic acids is 1. The van der Waals surface area contributed by atoms with Crippen molar-refractivity contribution in [1.29, 1.82) is 0 Å². The van der Waals surface area contributed by atoms with Gasteiger partial charge >= 0.3 is 11.9 Å². The highest BCUT2D eigenvalue weighted by Gasteiger charge is 2.14. The van der Waals surface area contributed by atoms with E-state index in [0.29, 0.717) is 12.8 Å². The van der Waals surface area contributed by atoms with E-state index in [1.165, 1.54) is 109 Å². The summed E-state index contributed by atoms with van der Waals surface area (Å²) in [5, 5.41) is 8.75. The summed E-state index contributed by atoms with van der Waals surface area (Å²) < 4.78 is 5.76. The zero-order chi connectivity index (χ0) is 28.7. The number of rotatable bonds is 31. The van der Waals surface area contributed by atoms with Crippen LogP contribution >= 0.6 is 0 Å². The lowest BCUT2D eigenvalue weighted by molar-refractivity contribution is -0.150. The number of esters is 1. The van der Waals surface area contributed by atoms with E-state index in [0.717, 1.165) is 51.4 Å². The first kappa shape index (κ1) is 37.7. The maximum absolute atomic E-state index is 12.3. The van der Waals surface area contributed by atoms with Crippen molar-refractivity contribution in [2.45, 2.75) is 200 Å². The molecule has 0 heterocycles. The largest absolute Gasteiger partial charge is 0.481 e. The van der Waals surface area contributed by atoms with Gasteiger partial charge in [-0.2, -0.15) is 0 Å². The van der Waals surface area contributed by atoms with Crippen LogP contribution in [0.1, 0.15) is 194 Å². The van der Waals surface area contributed by atoms with Crippen LogP contribution in [0.4, 0.5) is 0 Å². The number of hydrogen-bond acceptors (Lipinski definition) is 3. The van der Waals surface area contributed by atoms with Crippen molar-refractivity contribution >= 4 is 11.9 Å². The SMILES string of the molecule is CCCCCCCCCC/C=C\CCCCCCCCCCCC(=O)OC(CCCC)CCCCCC(=O)O. The molecule has 0 aliphatic rings. The van der Waals surface area contributed by atoms with Crippen LogP contribution < -0.4 is 0 Å². The minimum absolute atomic E-state index is 0.00710. The summed E-state index contributed by atoms with van der Waals surface area (Å²) in [4.78, 5) is 22.9. The maximum Gasteiger partial charge on any atom is 0.306 e. The number of carbonyl (C=O) groups excluding carboxylic acids is 1. The molecule has 1 atom stereocenters. The topological polar surface area (TPSA) is 63.6 Å². The molecule has 4 nitrogen and oxygen atoms in total. The number of unbranched alkanes of at least 4 members (excludes halogenated alkanes) is 20. The maximum atomic E-state index is 12.3. The van der Waals surface area contributed by atoms with Gasteiger partial charge in [0, 0.05) is 12.8 Å². The Bertz CT molecular complexity index is 557. The Morgan fingerprint density at radius 2 is 0.949 bits per heavy atom. The second kappa shape index (κ2) is 31.2. The second-order valence-electron chi connectivity index (χ2n) is 11.7. The highest BCUT2D eigenvalue weighted by Crippen LogP contribution is 2.17. The zero-order valence-corrected chi connectivity index (χ0v) is 26.2. The highest BCUT2D eigenvalue weighted by molar-refractivity contribution is 5.69. The van der Waals surface area contributed by atoms with Gasteiger partial charge in [-0.05, 0) is 57.8 Å². The van der Waals surface area contributed by atoms with E-state index in [4.69, 9.17) is 9.84 Å². The molecule has 4 heteroatoms. The van der Waals surface area contributed by atoms with Gasteiger partial charge in [0.05, 0.1) is 0 Å². The molecule has 0 rings (SSSR count). The van der Waals surface area contributed by atoms with Crippen LogP contribution in [-0.2, 0) is 14.3 Å². The molecular formula is C35H66O4. The van der Waals surface area contributed by atoms with Gasteiger partial charge in [-0.15, -0.1) is 0 Å². The second-order valence-corrected chi connectivity index (χ2v) is 11.7. The Labute approximate surface area is 243 Å². The molecule has 0 bridgehead atoms. The van der Waals surface area contributed by atoms with Crippen molar-refractivity contribution in [3.05, 3.63) is 12.2 Å². The van der Waals surface area contributed by atoms with E-state index in [-0.39, 0.29) is 18.5 Å². The van der Waals surface area contributed by atoms with Crippen molar-refractivity contribution < 1.29 is 19.4 Å². The number of ether oxygens (including phenoxy) is 1. The number of carboxylic acid groups (broad SMARTS) is 1.